The number of nitrogens with zero attached hydrogens (tertiary/aromatic N) is 3. The number of pyridine rings is 1. The molecule has 0 saturated carbocycles. The van der Waals surface area contributed by atoms with Crippen LogP contribution >= 0.6 is 0 Å². The summed E-state index contributed by atoms with van der Waals surface area (Å²) in [7, 11) is 1.39. The zero-order chi connectivity index (χ0) is 14.4. The summed E-state index contributed by atoms with van der Waals surface area (Å²) in [5, 5.41) is 0. The number of piperazine rings is 1. The number of carbonyl (C=O) groups is 2. The lowest BCUT2D eigenvalue weighted by Gasteiger charge is -2.34. The fraction of sp³-hybridized carbons (Fsp3) is 0.500. The summed E-state index contributed by atoms with van der Waals surface area (Å²) in [4.78, 5) is 31.3. The van der Waals surface area contributed by atoms with Crippen molar-refractivity contribution in [3.8, 4) is 0 Å². The fourth-order valence-corrected chi connectivity index (χ4v) is 2.18. The summed E-state index contributed by atoms with van der Waals surface area (Å²) in [6, 6.07) is 5.33. The van der Waals surface area contributed by atoms with Crippen molar-refractivity contribution in [2.24, 2.45) is 0 Å². The van der Waals surface area contributed by atoms with Gasteiger partial charge in [-0.05, 0) is 12.1 Å². The Morgan fingerprint density at radius 1 is 1.25 bits per heavy atom. The van der Waals surface area contributed by atoms with Crippen LogP contribution in [-0.4, -0.2) is 66.5 Å². The lowest BCUT2D eigenvalue weighted by molar-refractivity contribution is -0.141. The number of rotatable bonds is 4. The Hall–Kier alpha value is -1.95. The number of aromatic nitrogens is 1. The van der Waals surface area contributed by atoms with Crippen LogP contribution in [0.25, 0.3) is 0 Å². The lowest BCUT2D eigenvalue weighted by atomic mass is 10.2. The molecule has 0 N–H and O–H groups in total. The van der Waals surface area contributed by atoms with E-state index in [1.165, 1.54) is 7.11 Å². The Kier molecular flexibility index (Phi) is 5.06. The standard InChI is InChI=1S/C14H19N3O3/c1-20-13(18)5-7-16-8-10-17(11-9-16)14(19)12-4-2-3-6-15-12/h2-4,6H,5,7-11H2,1H3. The van der Waals surface area contributed by atoms with Gasteiger partial charge in [0.15, 0.2) is 0 Å². The molecule has 1 aromatic heterocycles. The Balaban J connectivity index is 1.79. The smallest absolute Gasteiger partial charge is 0.306 e. The van der Waals surface area contributed by atoms with E-state index in [-0.39, 0.29) is 11.9 Å². The first-order valence-electron chi connectivity index (χ1n) is 6.70. The number of carbonyl (C=O) groups excluding carboxylic acids is 2. The molecule has 1 amide bonds. The Morgan fingerprint density at radius 3 is 2.60 bits per heavy atom. The van der Waals surface area contributed by atoms with Gasteiger partial charge in [0.25, 0.3) is 5.91 Å². The minimum absolute atomic E-state index is 0.0294. The molecular weight excluding hydrogens is 258 g/mol. The third kappa shape index (κ3) is 3.77. The van der Waals surface area contributed by atoms with E-state index in [4.69, 9.17) is 0 Å². The second-order valence-corrected chi connectivity index (χ2v) is 4.67. The van der Waals surface area contributed by atoms with Gasteiger partial charge in [0, 0.05) is 38.9 Å². The van der Waals surface area contributed by atoms with Crippen LogP contribution in [0.3, 0.4) is 0 Å². The van der Waals surface area contributed by atoms with Gasteiger partial charge in [-0.2, -0.15) is 0 Å². The Bertz CT molecular complexity index is 456. The van der Waals surface area contributed by atoms with Crippen molar-refractivity contribution in [1.82, 2.24) is 14.8 Å². The topological polar surface area (TPSA) is 62.7 Å². The number of hydrogen-bond acceptors (Lipinski definition) is 5. The molecule has 1 fully saturated rings. The predicted molar refractivity (Wildman–Crippen MR) is 73.2 cm³/mol. The second kappa shape index (κ2) is 7.00. The summed E-state index contributed by atoms with van der Waals surface area (Å²) in [6.07, 6.45) is 2.02. The quantitative estimate of drug-likeness (QED) is 0.746. The molecule has 0 radical (unpaired) electrons. The molecule has 0 bridgehead atoms. The third-order valence-electron chi connectivity index (χ3n) is 3.40. The second-order valence-electron chi connectivity index (χ2n) is 4.67. The Morgan fingerprint density at radius 2 is 2.00 bits per heavy atom. The fourth-order valence-electron chi connectivity index (χ4n) is 2.18. The van der Waals surface area contributed by atoms with Crippen molar-refractivity contribution in [2.75, 3.05) is 39.8 Å². The van der Waals surface area contributed by atoms with Gasteiger partial charge in [0.2, 0.25) is 0 Å². The molecule has 1 saturated heterocycles. The summed E-state index contributed by atoms with van der Waals surface area (Å²) < 4.78 is 4.62. The van der Waals surface area contributed by atoms with Gasteiger partial charge in [0.1, 0.15) is 5.69 Å². The molecule has 1 aliphatic heterocycles. The maximum Gasteiger partial charge on any atom is 0.306 e. The van der Waals surface area contributed by atoms with Gasteiger partial charge in [-0.15, -0.1) is 0 Å². The molecular formula is C14H19N3O3. The SMILES string of the molecule is COC(=O)CCN1CCN(C(=O)c2ccccn2)CC1. The highest BCUT2D eigenvalue weighted by molar-refractivity contribution is 5.92. The van der Waals surface area contributed by atoms with E-state index in [0.29, 0.717) is 31.7 Å². The molecule has 1 aliphatic rings. The van der Waals surface area contributed by atoms with Crippen LogP contribution in [0.4, 0.5) is 0 Å². The minimum atomic E-state index is -0.197. The van der Waals surface area contributed by atoms with E-state index in [2.05, 4.69) is 14.6 Å². The molecule has 0 aliphatic carbocycles. The summed E-state index contributed by atoms with van der Waals surface area (Å²) >= 11 is 0. The molecule has 6 heteroatoms. The largest absolute Gasteiger partial charge is 0.469 e. The summed E-state index contributed by atoms with van der Waals surface area (Å²) in [6.45, 7) is 3.55. The molecule has 2 heterocycles. The van der Waals surface area contributed by atoms with Crippen molar-refractivity contribution < 1.29 is 14.3 Å². The normalized spacial score (nSPS) is 15.9. The monoisotopic (exact) mass is 277 g/mol. The van der Waals surface area contributed by atoms with Crippen molar-refractivity contribution in [3.05, 3.63) is 30.1 Å². The number of hydrogen-bond donors (Lipinski definition) is 0. The van der Waals surface area contributed by atoms with Crippen LogP contribution in [0, 0.1) is 0 Å². The van der Waals surface area contributed by atoms with Gasteiger partial charge >= 0.3 is 5.97 Å². The van der Waals surface area contributed by atoms with Crippen molar-refractivity contribution >= 4 is 11.9 Å². The van der Waals surface area contributed by atoms with Crippen molar-refractivity contribution in [3.63, 3.8) is 0 Å². The van der Waals surface area contributed by atoms with Crippen molar-refractivity contribution in [2.45, 2.75) is 6.42 Å². The molecule has 2 rings (SSSR count). The highest BCUT2D eigenvalue weighted by atomic mass is 16.5. The van der Waals surface area contributed by atoms with E-state index < -0.39 is 0 Å². The molecule has 0 atom stereocenters. The molecule has 20 heavy (non-hydrogen) atoms. The van der Waals surface area contributed by atoms with E-state index in [1.807, 2.05) is 6.07 Å². The first-order valence-corrected chi connectivity index (χ1v) is 6.70. The minimum Gasteiger partial charge on any atom is -0.469 e. The molecule has 0 unspecified atom stereocenters. The van der Waals surface area contributed by atoms with Crippen LogP contribution in [0.15, 0.2) is 24.4 Å². The van der Waals surface area contributed by atoms with E-state index in [9.17, 15) is 9.59 Å². The summed E-state index contributed by atoms with van der Waals surface area (Å²) in [5.41, 5.74) is 0.482. The molecule has 0 aromatic carbocycles. The van der Waals surface area contributed by atoms with Gasteiger partial charge < -0.3 is 9.64 Å². The van der Waals surface area contributed by atoms with E-state index in [0.717, 1.165) is 13.1 Å². The first-order chi connectivity index (χ1) is 9.70. The van der Waals surface area contributed by atoms with Gasteiger partial charge in [-0.1, -0.05) is 6.07 Å². The molecule has 108 valence electrons. The zero-order valence-corrected chi connectivity index (χ0v) is 11.6. The lowest BCUT2D eigenvalue weighted by Crippen LogP contribution is -2.49. The van der Waals surface area contributed by atoms with E-state index in [1.54, 1.807) is 23.2 Å². The van der Waals surface area contributed by atoms with Gasteiger partial charge in [-0.3, -0.25) is 19.5 Å². The number of methoxy groups -OCH3 is 1. The van der Waals surface area contributed by atoms with Gasteiger partial charge in [0.05, 0.1) is 13.5 Å². The highest BCUT2D eigenvalue weighted by Gasteiger charge is 2.22. The Labute approximate surface area is 118 Å². The van der Waals surface area contributed by atoms with Crippen LogP contribution in [0.2, 0.25) is 0 Å². The zero-order valence-electron chi connectivity index (χ0n) is 11.6. The number of ether oxygens (including phenoxy) is 1. The average molecular weight is 277 g/mol. The average Bonchev–Trinajstić information content (AvgIpc) is 2.53. The number of esters is 1. The maximum atomic E-state index is 12.2. The van der Waals surface area contributed by atoms with Crippen molar-refractivity contribution in [1.29, 1.82) is 0 Å². The summed E-state index contributed by atoms with van der Waals surface area (Å²) in [5.74, 6) is -0.227. The van der Waals surface area contributed by atoms with Gasteiger partial charge in [-0.25, -0.2) is 0 Å². The van der Waals surface area contributed by atoms with E-state index >= 15 is 0 Å². The molecule has 1 aromatic rings. The maximum absolute atomic E-state index is 12.2. The molecule has 0 spiro atoms. The van der Waals surface area contributed by atoms with Crippen LogP contribution < -0.4 is 0 Å². The van der Waals surface area contributed by atoms with Crippen LogP contribution in [0.1, 0.15) is 16.9 Å². The van der Waals surface area contributed by atoms with Crippen LogP contribution in [-0.2, 0) is 9.53 Å². The predicted octanol–water partition coefficient (Wildman–Crippen LogP) is 0.402. The number of amides is 1. The highest BCUT2D eigenvalue weighted by Crippen LogP contribution is 2.07. The van der Waals surface area contributed by atoms with Crippen LogP contribution in [0.5, 0.6) is 0 Å². The molecule has 6 nitrogen and oxygen atoms in total. The third-order valence-corrected chi connectivity index (χ3v) is 3.40. The first kappa shape index (κ1) is 14.5.